The molecular formula is C68H61N3O+2. The third kappa shape index (κ3) is 6.30. The summed E-state index contributed by atoms with van der Waals surface area (Å²) in [5.41, 5.74) is 21.2. The molecule has 4 heteroatoms. The zero-order valence-electron chi connectivity index (χ0n) is 44.7. The van der Waals surface area contributed by atoms with E-state index >= 15 is 0 Å². The minimum atomic E-state index is -1.26. The first-order chi connectivity index (χ1) is 35.3. The molecule has 0 bridgehead atoms. The Bertz CT molecular complexity index is 3930. The topological polar surface area (TPSA) is 21.9 Å². The van der Waals surface area contributed by atoms with Crippen LogP contribution < -0.4 is 13.9 Å². The lowest BCUT2D eigenvalue weighted by molar-refractivity contribution is -0.997. The van der Waals surface area contributed by atoms with Gasteiger partial charge in [-0.1, -0.05) is 196 Å². The van der Waals surface area contributed by atoms with E-state index in [2.05, 4.69) is 243 Å². The average Bonchev–Trinajstić information content (AvgIpc) is 3.99. The first-order valence-corrected chi connectivity index (χ1v) is 25.5. The monoisotopic (exact) mass is 937 g/mol. The summed E-state index contributed by atoms with van der Waals surface area (Å²) in [5, 5.41) is 0. The van der Waals surface area contributed by atoms with Crippen LogP contribution in [-0.4, -0.2) is 4.57 Å². The van der Waals surface area contributed by atoms with E-state index in [1.807, 2.05) is 27.7 Å². The molecule has 1 spiro atoms. The second kappa shape index (κ2) is 15.8. The molecule has 0 fully saturated rings. The second-order valence-corrected chi connectivity index (χ2v) is 22.2. The van der Waals surface area contributed by atoms with Gasteiger partial charge in [0.25, 0.3) is 0 Å². The largest absolute Gasteiger partial charge is 0.499 e. The molecule has 5 heterocycles. The molecule has 0 N–H and O–H groups in total. The summed E-state index contributed by atoms with van der Waals surface area (Å²) < 4.78 is 34.9. The molecule has 3 aliphatic rings. The predicted octanol–water partition coefficient (Wildman–Crippen LogP) is 16.7. The smallest absolute Gasteiger partial charge is 0.392 e. The molecule has 2 aromatic heterocycles. The Hall–Kier alpha value is -7.82. The maximum Gasteiger partial charge on any atom is 0.499 e. The van der Waals surface area contributed by atoms with Crippen LogP contribution in [0.2, 0.25) is 0 Å². The van der Waals surface area contributed by atoms with Crippen LogP contribution in [0.1, 0.15) is 99.1 Å². The number of imidazole rings is 1. The zero-order valence-corrected chi connectivity index (χ0v) is 42.7. The van der Waals surface area contributed by atoms with Gasteiger partial charge < -0.3 is 4.74 Å². The van der Waals surface area contributed by atoms with Gasteiger partial charge in [-0.15, -0.1) is 9.13 Å². The van der Waals surface area contributed by atoms with E-state index in [-0.39, 0.29) is 10.8 Å². The van der Waals surface area contributed by atoms with Gasteiger partial charge >= 0.3 is 11.7 Å². The molecular weight excluding hydrogens is 875 g/mol. The van der Waals surface area contributed by atoms with Gasteiger partial charge in [0.1, 0.15) is 16.8 Å². The number of pyridine rings is 1. The minimum Gasteiger partial charge on any atom is -0.392 e. The van der Waals surface area contributed by atoms with E-state index < -0.39 is 17.6 Å². The van der Waals surface area contributed by atoms with E-state index in [0.29, 0.717) is 5.75 Å². The van der Waals surface area contributed by atoms with Crippen molar-refractivity contribution >= 4 is 11.0 Å². The molecule has 8 aromatic carbocycles. The third-order valence-electron chi connectivity index (χ3n) is 16.6. The van der Waals surface area contributed by atoms with Crippen molar-refractivity contribution in [3.8, 4) is 89.7 Å². The summed E-state index contributed by atoms with van der Waals surface area (Å²) in [6.45, 7) is 19.5. The molecule has 0 radical (unpaired) electrons. The Morgan fingerprint density at radius 1 is 0.514 bits per heavy atom. The van der Waals surface area contributed by atoms with Crippen LogP contribution >= 0.6 is 0 Å². The molecule has 0 saturated heterocycles. The van der Waals surface area contributed by atoms with Gasteiger partial charge in [0.15, 0.2) is 23.0 Å². The summed E-state index contributed by atoms with van der Waals surface area (Å²) in [5.74, 6) is -1.73. The fourth-order valence-corrected chi connectivity index (χ4v) is 11.7. The van der Waals surface area contributed by atoms with Crippen LogP contribution in [0, 0.1) is 5.41 Å². The number of para-hydroxylation sites is 1. The molecule has 0 aliphatic carbocycles. The number of benzene rings is 8. The van der Waals surface area contributed by atoms with Crippen molar-refractivity contribution in [1.82, 2.24) is 4.57 Å². The molecule has 13 rings (SSSR count). The Labute approximate surface area is 427 Å². The van der Waals surface area contributed by atoms with E-state index in [1.54, 1.807) is 0 Å². The highest BCUT2D eigenvalue weighted by Gasteiger charge is 2.69. The fourth-order valence-electron chi connectivity index (χ4n) is 11.7. The number of hydrogen-bond acceptors (Lipinski definition) is 1. The highest BCUT2D eigenvalue weighted by atomic mass is 16.5. The molecule has 72 heavy (non-hydrogen) atoms. The molecule has 1 atom stereocenters. The first kappa shape index (κ1) is 41.9. The average molecular weight is 938 g/mol. The molecule has 352 valence electrons. The van der Waals surface area contributed by atoms with E-state index in [0.717, 1.165) is 101 Å². The molecule has 0 saturated carbocycles. The van der Waals surface area contributed by atoms with E-state index in [1.165, 1.54) is 16.7 Å². The summed E-state index contributed by atoms with van der Waals surface area (Å²) in [4.78, 5) is 0. The molecule has 4 nitrogen and oxygen atoms in total. The van der Waals surface area contributed by atoms with Gasteiger partial charge in [0.2, 0.25) is 5.69 Å². The molecule has 0 amide bonds. The molecule has 3 aliphatic heterocycles. The summed E-state index contributed by atoms with van der Waals surface area (Å²) in [6, 6.07) is 68.4. The maximum atomic E-state index is 9.92. The van der Waals surface area contributed by atoms with Crippen molar-refractivity contribution in [3.05, 3.63) is 217 Å². The van der Waals surface area contributed by atoms with Gasteiger partial charge in [-0.25, -0.2) is 0 Å². The Morgan fingerprint density at radius 2 is 1.12 bits per heavy atom. The Balaban J connectivity index is 1.18. The number of rotatable bonds is 8. The van der Waals surface area contributed by atoms with E-state index in [9.17, 15) is 2.74 Å². The van der Waals surface area contributed by atoms with Crippen LogP contribution in [0.15, 0.2) is 194 Å². The van der Waals surface area contributed by atoms with Crippen LogP contribution in [-0.2, 0) is 11.3 Å². The van der Waals surface area contributed by atoms with Crippen molar-refractivity contribution in [2.45, 2.75) is 85.4 Å². The van der Waals surface area contributed by atoms with Gasteiger partial charge in [0, 0.05) is 31.6 Å². The Morgan fingerprint density at radius 3 is 1.76 bits per heavy atom. The number of hydrogen-bond donors (Lipinski definition) is 0. The van der Waals surface area contributed by atoms with Gasteiger partial charge in [-0.3, -0.25) is 0 Å². The highest BCUT2D eigenvalue weighted by Crippen LogP contribution is 2.56. The van der Waals surface area contributed by atoms with Crippen LogP contribution in [0.25, 0.3) is 95.0 Å². The fraction of sp³-hybridized carbons (Fsp3) is 0.206. The van der Waals surface area contributed by atoms with Crippen LogP contribution in [0.3, 0.4) is 0 Å². The van der Waals surface area contributed by atoms with Gasteiger partial charge in [-0.2, -0.15) is 4.57 Å². The molecule has 10 aromatic rings. The van der Waals surface area contributed by atoms with Crippen molar-refractivity contribution in [3.63, 3.8) is 0 Å². The predicted molar refractivity (Wildman–Crippen MR) is 295 cm³/mol. The Kier molecular flexibility index (Phi) is 9.22. The number of fused-ring (bicyclic) bond motifs is 5. The summed E-state index contributed by atoms with van der Waals surface area (Å²) in [6.07, 6.45) is 2.23. The standard InChI is InChI=1S/C68H61N3O/c1-42(2)50-36-54(43(3)4)64-58(37-50)65-70(59-33-32-52(67(8,9)66(5,6)7)41-55(59)48-24-17-12-18-25-48)60-27-19-26-53-56-38-51(45-22-15-11-16-23-45)39-57-61-40-49(47-30-28-46(29-31-47)44-20-13-10-14-21-44)34-35-69(61)68(72-64,62(56)57)71(65)63(53)60/h10-43H,1-9H3/q+2/i42D,43D. The highest BCUT2D eigenvalue weighted by molar-refractivity contribution is 6.00. The maximum absolute atomic E-state index is 9.92. The van der Waals surface area contributed by atoms with E-state index in [4.69, 9.17) is 4.74 Å². The van der Waals surface area contributed by atoms with Gasteiger partial charge in [-0.05, 0) is 121 Å². The van der Waals surface area contributed by atoms with Gasteiger partial charge in [0.05, 0.1) is 5.56 Å². The zero-order chi connectivity index (χ0) is 51.3. The van der Waals surface area contributed by atoms with Crippen LogP contribution in [0.5, 0.6) is 5.75 Å². The third-order valence-corrected chi connectivity index (χ3v) is 16.6. The lowest BCUT2D eigenvalue weighted by Crippen LogP contribution is -2.78. The van der Waals surface area contributed by atoms with Crippen molar-refractivity contribution < 1.29 is 16.6 Å². The van der Waals surface area contributed by atoms with Crippen molar-refractivity contribution in [2.24, 2.45) is 5.41 Å². The van der Waals surface area contributed by atoms with Crippen molar-refractivity contribution in [1.29, 1.82) is 0 Å². The van der Waals surface area contributed by atoms with Crippen molar-refractivity contribution in [2.75, 3.05) is 0 Å². The molecule has 1 unspecified atom stereocenters. The lowest BCUT2D eigenvalue weighted by Gasteiger charge is -2.39. The second-order valence-electron chi connectivity index (χ2n) is 22.2. The first-order valence-electron chi connectivity index (χ1n) is 26.5. The van der Waals surface area contributed by atoms with Crippen LogP contribution in [0.4, 0.5) is 0 Å². The number of aromatic nitrogens is 3. The minimum absolute atomic E-state index is 0.0203. The summed E-state index contributed by atoms with van der Waals surface area (Å²) in [7, 11) is 0. The number of ether oxygens (including phenoxy) is 1. The number of nitrogens with zero attached hydrogens (tertiary/aromatic N) is 3. The quantitative estimate of drug-likeness (QED) is 0.139. The SMILES string of the molecule is [2H]C(C)(C)c1cc2c(c(C([2H])(C)C)c1)OC13c4c(cc(-c5ccccc5)cc4-c4cc(-c5ccc(-c6ccccc6)cc5)cc[n+]41)-c1cccc4c1[n+]3c-2n4-c1ccc(C(C)(C)C(C)(C)C)cc1-c1ccccc1. The summed E-state index contributed by atoms with van der Waals surface area (Å²) >= 11 is 0. The lowest BCUT2D eigenvalue weighted by atomic mass is 9.65. The normalized spacial score (nSPS) is 15.8.